The van der Waals surface area contributed by atoms with Gasteiger partial charge in [-0.2, -0.15) is 0 Å². The largest absolute Gasteiger partial charge is 0.381 e. The number of carbonyl (C=O) groups excluding carboxylic acids is 1. The van der Waals surface area contributed by atoms with Crippen molar-refractivity contribution in [3.63, 3.8) is 0 Å². The van der Waals surface area contributed by atoms with E-state index in [0.717, 1.165) is 29.8 Å². The average molecular weight is 421 g/mol. The highest BCUT2D eigenvalue weighted by molar-refractivity contribution is 5.82. The Morgan fingerprint density at radius 3 is 2.00 bits per heavy atom. The smallest absolute Gasteiger partial charge is 0.242 e. The molecule has 0 aromatic heterocycles. The third-order valence-electron chi connectivity index (χ3n) is 5.58. The molecule has 0 saturated carbocycles. The molecule has 6 nitrogen and oxygen atoms in total. The van der Waals surface area contributed by atoms with Crippen LogP contribution in [0, 0.1) is 11.8 Å². The molecule has 4 N–H and O–H groups in total. The predicted octanol–water partition coefficient (Wildman–Crippen LogP) is 3.09. The van der Waals surface area contributed by atoms with Crippen molar-refractivity contribution >= 4 is 5.91 Å². The zero-order chi connectivity index (χ0) is 23.1. The Morgan fingerprint density at radius 2 is 1.53 bits per heavy atom. The van der Waals surface area contributed by atoms with Crippen molar-refractivity contribution in [3.8, 4) is 0 Å². The highest BCUT2D eigenvalue weighted by Gasteiger charge is 2.44. The normalized spacial score (nSPS) is 21.0. The number of carbonyl (C=O) groups is 1. The van der Waals surface area contributed by atoms with E-state index in [2.05, 4.69) is 75.6 Å². The first-order valence-electron chi connectivity index (χ1n) is 11.1. The fraction of sp³-hybridized carbons (Fsp3) is 0.708. The molecule has 1 aliphatic rings. The van der Waals surface area contributed by atoms with Gasteiger partial charge in [0.2, 0.25) is 5.91 Å². The molecule has 0 aliphatic carbocycles. The van der Waals surface area contributed by atoms with Gasteiger partial charge in [-0.3, -0.25) is 4.79 Å². The first-order chi connectivity index (χ1) is 13.9. The number of epoxide rings is 1. The quantitative estimate of drug-likeness (QED) is 0.242. The molecule has 1 heterocycles. The van der Waals surface area contributed by atoms with E-state index in [1.165, 1.54) is 0 Å². The van der Waals surface area contributed by atoms with E-state index in [9.17, 15) is 4.79 Å². The van der Waals surface area contributed by atoms with E-state index in [0.29, 0.717) is 25.0 Å². The zero-order valence-electron chi connectivity index (χ0n) is 20.2. The fourth-order valence-corrected chi connectivity index (χ4v) is 3.26. The highest BCUT2D eigenvalue weighted by Crippen LogP contribution is 2.36. The lowest BCUT2D eigenvalue weighted by molar-refractivity contribution is -0.123. The van der Waals surface area contributed by atoms with Crippen molar-refractivity contribution in [1.82, 2.24) is 21.3 Å². The van der Waals surface area contributed by atoms with Crippen LogP contribution in [-0.4, -0.2) is 49.8 Å². The topological polar surface area (TPSA) is 77.7 Å². The van der Waals surface area contributed by atoms with Crippen molar-refractivity contribution in [2.24, 2.45) is 11.8 Å². The number of amides is 1. The molecule has 6 heteroatoms. The molecular formula is C24H44N4O2. The maximum atomic E-state index is 12.9. The maximum Gasteiger partial charge on any atom is 0.242 e. The summed E-state index contributed by atoms with van der Waals surface area (Å²) in [5, 5.41) is 12.9. The molecule has 0 aromatic carbocycles. The first-order valence-corrected chi connectivity index (χ1v) is 11.1. The monoisotopic (exact) mass is 420 g/mol. The van der Waals surface area contributed by atoms with Gasteiger partial charge in [-0.25, -0.2) is 0 Å². The molecule has 0 radical (unpaired) electrons. The molecule has 30 heavy (non-hydrogen) atoms. The predicted molar refractivity (Wildman–Crippen MR) is 126 cm³/mol. The summed E-state index contributed by atoms with van der Waals surface area (Å²) >= 11 is 0. The number of likely N-dealkylation sites (N-methyl/N-ethyl adjacent to an activating group) is 1. The molecule has 1 aliphatic heterocycles. The highest BCUT2D eigenvalue weighted by atomic mass is 16.6. The third-order valence-corrected chi connectivity index (χ3v) is 5.58. The van der Waals surface area contributed by atoms with Crippen molar-refractivity contribution in [2.45, 2.75) is 78.1 Å². The van der Waals surface area contributed by atoms with Crippen molar-refractivity contribution in [2.75, 3.05) is 20.2 Å². The lowest BCUT2D eigenvalue weighted by atomic mass is 9.90. The molecule has 4 atom stereocenters. The summed E-state index contributed by atoms with van der Waals surface area (Å²) in [6.45, 7) is 26.2. The lowest BCUT2D eigenvalue weighted by Crippen LogP contribution is -2.48. The van der Waals surface area contributed by atoms with Crippen LogP contribution in [0.15, 0.2) is 36.7 Å². The van der Waals surface area contributed by atoms with Crippen LogP contribution in [0.4, 0.5) is 0 Å². The van der Waals surface area contributed by atoms with Crippen LogP contribution in [0.5, 0.6) is 0 Å². The van der Waals surface area contributed by atoms with Crippen LogP contribution in [0.2, 0.25) is 0 Å². The van der Waals surface area contributed by atoms with Crippen LogP contribution in [0.1, 0.15) is 54.4 Å². The van der Waals surface area contributed by atoms with Crippen molar-refractivity contribution in [3.05, 3.63) is 36.7 Å². The summed E-state index contributed by atoms with van der Waals surface area (Å²) in [5.74, 6) is 0.835. The Labute approximate surface area is 184 Å². The summed E-state index contributed by atoms with van der Waals surface area (Å²) in [7, 11) is 1.87. The number of hydrogen-bond donors (Lipinski definition) is 4. The number of ether oxygens (including phenoxy) is 1. The van der Waals surface area contributed by atoms with Crippen molar-refractivity contribution in [1.29, 1.82) is 0 Å². The Bertz CT molecular complexity index is 623. The van der Waals surface area contributed by atoms with Gasteiger partial charge in [-0.1, -0.05) is 47.4 Å². The molecule has 1 amide bonds. The second kappa shape index (κ2) is 11.6. The zero-order valence-corrected chi connectivity index (χ0v) is 20.2. The van der Waals surface area contributed by atoms with Crippen LogP contribution >= 0.6 is 0 Å². The van der Waals surface area contributed by atoms with Gasteiger partial charge in [0.25, 0.3) is 0 Å². The van der Waals surface area contributed by atoms with E-state index in [-0.39, 0.29) is 29.6 Å². The summed E-state index contributed by atoms with van der Waals surface area (Å²) in [4.78, 5) is 12.9. The standard InChI is InChI=1S/C24H44N4O2/c1-15(2)11-21(18(6)24(9)14-30-24)27-17(5)13-26-23(29)22(12-16(3)4)28-20(8)19(7)25-10/h15-16,19,21-22,25,27-28H,5-6,8,11-14H2,1-4,7,9-10H3,(H,26,29)/t19-,21-,22-,24+/m0/s1. The summed E-state index contributed by atoms with van der Waals surface area (Å²) < 4.78 is 5.57. The SMILES string of the molecule is C=C(CNC(=O)[C@H](CC(C)C)NC(=C)[C@H](C)NC)N[C@@H](CC(C)C)C(=C)[C@@]1(C)CO1. The van der Waals surface area contributed by atoms with Gasteiger partial charge in [0.1, 0.15) is 11.6 Å². The first kappa shape index (κ1) is 26.2. The molecule has 0 aromatic rings. The van der Waals surface area contributed by atoms with Gasteiger partial charge in [0.05, 0.1) is 13.2 Å². The van der Waals surface area contributed by atoms with E-state index in [4.69, 9.17) is 4.74 Å². The van der Waals surface area contributed by atoms with Crippen molar-refractivity contribution < 1.29 is 9.53 Å². The van der Waals surface area contributed by atoms with Gasteiger partial charge in [-0.15, -0.1) is 0 Å². The number of nitrogens with one attached hydrogen (secondary N) is 4. The lowest BCUT2D eigenvalue weighted by Gasteiger charge is -2.28. The number of hydrogen-bond acceptors (Lipinski definition) is 5. The van der Waals surface area contributed by atoms with Gasteiger partial charge in [0, 0.05) is 23.5 Å². The molecule has 0 unspecified atom stereocenters. The van der Waals surface area contributed by atoms with E-state index < -0.39 is 0 Å². The molecule has 0 spiro atoms. The van der Waals surface area contributed by atoms with Crippen LogP contribution < -0.4 is 21.3 Å². The van der Waals surface area contributed by atoms with Gasteiger partial charge < -0.3 is 26.0 Å². The Morgan fingerprint density at radius 1 is 1.00 bits per heavy atom. The molecule has 1 saturated heterocycles. The second-order valence-electron chi connectivity index (χ2n) is 9.55. The van der Waals surface area contributed by atoms with Gasteiger partial charge in [0.15, 0.2) is 0 Å². The molecule has 0 bridgehead atoms. The Balaban J connectivity index is 2.66. The van der Waals surface area contributed by atoms with Gasteiger partial charge in [-0.05, 0) is 51.1 Å². The molecule has 172 valence electrons. The number of rotatable bonds is 15. The van der Waals surface area contributed by atoms with Crippen LogP contribution in [0.25, 0.3) is 0 Å². The molecular weight excluding hydrogens is 376 g/mol. The summed E-state index contributed by atoms with van der Waals surface area (Å²) in [6.07, 6.45) is 1.66. The fourth-order valence-electron chi connectivity index (χ4n) is 3.26. The van der Waals surface area contributed by atoms with E-state index in [1.54, 1.807) is 0 Å². The van der Waals surface area contributed by atoms with Gasteiger partial charge >= 0.3 is 0 Å². The molecule has 1 fully saturated rings. The van der Waals surface area contributed by atoms with E-state index >= 15 is 0 Å². The van der Waals surface area contributed by atoms with E-state index in [1.807, 2.05) is 14.0 Å². The summed E-state index contributed by atoms with van der Waals surface area (Å²) in [5.41, 5.74) is 2.37. The second-order valence-corrected chi connectivity index (χ2v) is 9.55. The maximum absolute atomic E-state index is 12.9. The average Bonchev–Trinajstić information content (AvgIpc) is 3.41. The van der Waals surface area contributed by atoms with Crippen LogP contribution in [-0.2, 0) is 9.53 Å². The minimum absolute atomic E-state index is 0.0483. The summed E-state index contributed by atoms with van der Waals surface area (Å²) in [6, 6.07) is -0.179. The Kier molecular flexibility index (Phi) is 10.1. The Hall–Kier alpha value is -1.79. The molecule has 1 rings (SSSR count). The third kappa shape index (κ3) is 8.52. The van der Waals surface area contributed by atoms with Crippen LogP contribution in [0.3, 0.4) is 0 Å². The minimum Gasteiger partial charge on any atom is -0.381 e. The minimum atomic E-state index is -0.332.